The van der Waals surface area contributed by atoms with Crippen LogP contribution in [-0.4, -0.2) is 16.1 Å². The van der Waals surface area contributed by atoms with Gasteiger partial charge >= 0.3 is 0 Å². The van der Waals surface area contributed by atoms with Crippen LogP contribution in [0.2, 0.25) is 0 Å². The summed E-state index contributed by atoms with van der Waals surface area (Å²) in [7, 11) is 0. The number of hydrogen-bond acceptors (Lipinski definition) is 3. The lowest BCUT2D eigenvalue weighted by molar-refractivity contribution is 0.544. The average molecular weight is 249 g/mol. The van der Waals surface area contributed by atoms with Crippen LogP contribution in [0.5, 0.6) is 0 Å². The molecule has 1 aromatic heterocycles. The summed E-state index contributed by atoms with van der Waals surface area (Å²) >= 11 is 0. The van der Waals surface area contributed by atoms with Gasteiger partial charge in [0.2, 0.25) is 0 Å². The van der Waals surface area contributed by atoms with Crippen LogP contribution < -0.4 is 10.9 Å². The van der Waals surface area contributed by atoms with Gasteiger partial charge in [0.1, 0.15) is 0 Å². The van der Waals surface area contributed by atoms with Crippen molar-refractivity contribution in [1.82, 2.24) is 9.55 Å². The number of hydrogen-bond donors (Lipinski definition) is 1. The van der Waals surface area contributed by atoms with Gasteiger partial charge in [0, 0.05) is 25.0 Å². The van der Waals surface area contributed by atoms with Gasteiger partial charge in [-0.1, -0.05) is 26.7 Å². The highest BCUT2D eigenvalue weighted by atomic mass is 16.1. The SMILES string of the molecule is CC(C)CCCCNc1nccn(C2CC2)c1=O. The zero-order valence-corrected chi connectivity index (χ0v) is 11.4. The predicted octanol–water partition coefficient (Wildman–Crippen LogP) is 2.82. The van der Waals surface area contributed by atoms with Crippen molar-refractivity contribution in [3.8, 4) is 0 Å². The first-order valence-electron chi connectivity index (χ1n) is 6.99. The van der Waals surface area contributed by atoms with Gasteiger partial charge in [-0.15, -0.1) is 0 Å². The van der Waals surface area contributed by atoms with Crippen LogP contribution in [0.4, 0.5) is 5.82 Å². The van der Waals surface area contributed by atoms with Crippen molar-refractivity contribution in [1.29, 1.82) is 0 Å². The molecule has 100 valence electrons. The van der Waals surface area contributed by atoms with Crippen molar-refractivity contribution in [2.45, 2.75) is 52.0 Å². The molecule has 0 unspecified atom stereocenters. The molecule has 0 aliphatic heterocycles. The van der Waals surface area contributed by atoms with E-state index in [2.05, 4.69) is 24.1 Å². The van der Waals surface area contributed by atoms with Crippen molar-refractivity contribution in [2.24, 2.45) is 5.92 Å². The first-order valence-corrected chi connectivity index (χ1v) is 6.99. The Morgan fingerprint density at radius 1 is 1.44 bits per heavy atom. The van der Waals surface area contributed by atoms with Gasteiger partial charge in [0.05, 0.1) is 0 Å². The van der Waals surface area contributed by atoms with E-state index < -0.39 is 0 Å². The van der Waals surface area contributed by atoms with Crippen LogP contribution >= 0.6 is 0 Å². The van der Waals surface area contributed by atoms with E-state index in [4.69, 9.17) is 0 Å². The molecule has 0 bridgehead atoms. The predicted molar refractivity (Wildman–Crippen MR) is 73.9 cm³/mol. The monoisotopic (exact) mass is 249 g/mol. The summed E-state index contributed by atoms with van der Waals surface area (Å²) in [6, 6.07) is 0.419. The first kappa shape index (κ1) is 13.1. The van der Waals surface area contributed by atoms with E-state index in [0.717, 1.165) is 31.7 Å². The Morgan fingerprint density at radius 2 is 2.22 bits per heavy atom. The fourth-order valence-corrected chi connectivity index (χ4v) is 2.07. The van der Waals surface area contributed by atoms with E-state index in [1.807, 2.05) is 4.57 Å². The van der Waals surface area contributed by atoms with Gasteiger partial charge in [0.15, 0.2) is 5.82 Å². The third kappa shape index (κ3) is 3.59. The number of aromatic nitrogens is 2. The topological polar surface area (TPSA) is 46.9 Å². The highest BCUT2D eigenvalue weighted by Crippen LogP contribution is 2.33. The van der Waals surface area contributed by atoms with Crippen molar-refractivity contribution < 1.29 is 0 Å². The third-order valence-corrected chi connectivity index (χ3v) is 3.31. The average Bonchev–Trinajstić information content (AvgIpc) is 3.14. The molecular formula is C14H23N3O. The number of nitrogens with zero attached hydrogens (tertiary/aromatic N) is 2. The second-order valence-corrected chi connectivity index (χ2v) is 5.54. The molecule has 1 saturated carbocycles. The molecule has 1 fully saturated rings. The second-order valence-electron chi connectivity index (χ2n) is 5.54. The Bertz CT molecular complexity index is 435. The standard InChI is InChI=1S/C14H23N3O/c1-11(2)5-3-4-8-15-13-14(18)17(10-9-16-13)12-6-7-12/h9-12H,3-8H2,1-2H3,(H,15,16). The van der Waals surface area contributed by atoms with E-state index in [1.165, 1.54) is 12.8 Å². The Hall–Kier alpha value is -1.32. The van der Waals surface area contributed by atoms with Crippen LogP contribution in [-0.2, 0) is 0 Å². The highest BCUT2D eigenvalue weighted by Gasteiger charge is 2.25. The molecular weight excluding hydrogens is 226 g/mol. The van der Waals surface area contributed by atoms with Crippen molar-refractivity contribution in [2.75, 3.05) is 11.9 Å². The van der Waals surface area contributed by atoms with Gasteiger partial charge in [0.25, 0.3) is 5.56 Å². The van der Waals surface area contributed by atoms with E-state index >= 15 is 0 Å². The third-order valence-electron chi connectivity index (χ3n) is 3.31. The summed E-state index contributed by atoms with van der Waals surface area (Å²) in [5, 5.41) is 3.17. The maximum atomic E-state index is 12.1. The molecule has 1 aliphatic rings. The Balaban J connectivity index is 1.82. The van der Waals surface area contributed by atoms with Crippen LogP contribution in [0.1, 0.15) is 52.0 Å². The quantitative estimate of drug-likeness (QED) is 0.756. The molecule has 18 heavy (non-hydrogen) atoms. The lowest BCUT2D eigenvalue weighted by Gasteiger charge is -2.08. The maximum absolute atomic E-state index is 12.1. The van der Waals surface area contributed by atoms with Crippen LogP contribution in [0.25, 0.3) is 0 Å². The summed E-state index contributed by atoms with van der Waals surface area (Å²) in [6.07, 6.45) is 9.30. The molecule has 1 N–H and O–H groups in total. The van der Waals surface area contributed by atoms with E-state index in [-0.39, 0.29) is 5.56 Å². The zero-order chi connectivity index (χ0) is 13.0. The molecule has 1 aliphatic carbocycles. The number of anilines is 1. The summed E-state index contributed by atoms with van der Waals surface area (Å²) in [5.74, 6) is 1.26. The Kier molecular flexibility index (Phi) is 4.39. The molecule has 4 heteroatoms. The minimum absolute atomic E-state index is 0.0314. The van der Waals surface area contributed by atoms with Gasteiger partial charge in [-0.25, -0.2) is 4.98 Å². The lowest BCUT2D eigenvalue weighted by Crippen LogP contribution is -2.24. The smallest absolute Gasteiger partial charge is 0.293 e. The lowest BCUT2D eigenvalue weighted by atomic mass is 10.1. The molecule has 1 heterocycles. The minimum Gasteiger partial charge on any atom is -0.365 e. The van der Waals surface area contributed by atoms with E-state index in [1.54, 1.807) is 12.4 Å². The summed E-state index contributed by atoms with van der Waals surface area (Å²) in [5.41, 5.74) is 0.0314. The molecule has 2 rings (SSSR count). The first-order chi connectivity index (χ1) is 8.68. The molecule has 0 atom stereocenters. The summed E-state index contributed by atoms with van der Waals surface area (Å²) in [4.78, 5) is 16.2. The summed E-state index contributed by atoms with van der Waals surface area (Å²) < 4.78 is 1.81. The molecule has 0 amide bonds. The Morgan fingerprint density at radius 3 is 2.89 bits per heavy atom. The molecule has 1 aromatic rings. The Labute approximate surface area is 108 Å². The van der Waals surface area contributed by atoms with Crippen LogP contribution in [0.3, 0.4) is 0 Å². The van der Waals surface area contributed by atoms with Crippen molar-refractivity contribution in [3.63, 3.8) is 0 Å². The fraction of sp³-hybridized carbons (Fsp3) is 0.714. The van der Waals surface area contributed by atoms with Gasteiger partial charge < -0.3 is 9.88 Å². The highest BCUT2D eigenvalue weighted by molar-refractivity contribution is 5.30. The van der Waals surface area contributed by atoms with Crippen LogP contribution in [0.15, 0.2) is 17.2 Å². The number of unbranched alkanes of at least 4 members (excludes halogenated alkanes) is 1. The maximum Gasteiger partial charge on any atom is 0.293 e. The molecule has 0 spiro atoms. The number of nitrogens with one attached hydrogen (secondary N) is 1. The van der Waals surface area contributed by atoms with Gasteiger partial charge in [-0.2, -0.15) is 0 Å². The van der Waals surface area contributed by atoms with Gasteiger partial charge in [-0.3, -0.25) is 4.79 Å². The number of rotatable bonds is 7. The molecule has 0 radical (unpaired) electrons. The van der Waals surface area contributed by atoms with Crippen molar-refractivity contribution >= 4 is 5.82 Å². The molecule has 0 saturated heterocycles. The van der Waals surface area contributed by atoms with E-state index in [9.17, 15) is 4.79 Å². The largest absolute Gasteiger partial charge is 0.365 e. The molecule has 4 nitrogen and oxygen atoms in total. The second kappa shape index (κ2) is 6.03. The van der Waals surface area contributed by atoms with Crippen LogP contribution in [0, 0.1) is 5.92 Å². The van der Waals surface area contributed by atoms with Gasteiger partial charge in [-0.05, 0) is 25.2 Å². The van der Waals surface area contributed by atoms with E-state index in [0.29, 0.717) is 11.9 Å². The fourth-order valence-electron chi connectivity index (χ4n) is 2.07. The normalized spacial score (nSPS) is 15.1. The van der Waals surface area contributed by atoms with Crippen molar-refractivity contribution in [3.05, 3.63) is 22.7 Å². The summed E-state index contributed by atoms with van der Waals surface area (Å²) in [6.45, 7) is 5.31. The molecule has 0 aromatic carbocycles. The minimum atomic E-state index is 0.0314. The zero-order valence-electron chi connectivity index (χ0n) is 11.4.